The number of thiophene rings is 1. The molecule has 0 spiro atoms. The molecule has 180 valence electrons. The van der Waals surface area contributed by atoms with Gasteiger partial charge in [0.1, 0.15) is 36.3 Å². The van der Waals surface area contributed by atoms with Gasteiger partial charge in [-0.3, -0.25) is 4.79 Å². The minimum absolute atomic E-state index is 0. The van der Waals surface area contributed by atoms with E-state index in [9.17, 15) is 4.79 Å². The summed E-state index contributed by atoms with van der Waals surface area (Å²) in [6.07, 6.45) is 0.413. The van der Waals surface area contributed by atoms with Gasteiger partial charge in [-0.15, -0.1) is 23.7 Å². The van der Waals surface area contributed by atoms with Gasteiger partial charge in [-0.1, -0.05) is 6.07 Å². The number of aliphatic carboxylic acids is 1. The highest BCUT2D eigenvalue weighted by Gasteiger charge is 2.12. The van der Waals surface area contributed by atoms with Crippen molar-refractivity contribution in [3.63, 3.8) is 0 Å². The van der Waals surface area contributed by atoms with Crippen LogP contribution in [0.1, 0.15) is 22.7 Å². The van der Waals surface area contributed by atoms with Crippen LogP contribution in [0.25, 0.3) is 11.0 Å². The average Bonchev–Trinajstić information content (AvgIpc) is 3.37. The molecule has 4 rings (SSSR count). The number of carboxylic acids is 1. The zero-order valence-electron chi connectivity index (χ0n) is 18.6. The highest BCUT2D eigenvalue weighted by molar-refractivity contribution is 9.10. The number of imidazole rings is 1. The normalized spacial score (nSPS) is 10.7. The van der Waals surface area contributed by atoms with Crippen LogP contribution in [-0.4, -0.2) is 27.7 Å². The Labute approximate surface area is 215 Å². The zero-order chi connectivity index (χ0) is 23.4. The maximum Gasteiger partial charge on any atom is 0.303 e. The molecule has 0 amide bonds. The molecule has 2 aromatic carbocycles. The summed E-state index contributed by atoms with van der Waals surface area (Å²) >= 11 is 5.04. The number of fused-ring (bicyclic) bond motifs is 1. The summed E-state index contributed by atoms with van der Waals surface area (Å²) in [7, 11) is 3.58. The molecule has 0 aliphatic heterocycles. The fraction of sp³-hybridized carbons (Fsp3) is 0.250. The lowest BCUT2D eigenvalue weighted by Crippen LogP contribution is -2.05. The zero-order valence-corrected chi connectivity index (χ0v) is 21.8. The first-order valence-electron chi connectivity index (χ1n) is 10.3. The van der Waals surface area contributed by atoms with Crippen LogP contribution in [0.2, 0.25) is 0 Å². The van der Waals surface area contributed by atoms with Gasteiger partial charge in [-0.05, 0) is 52.2 Å². The first kappa shape index (κ1) is 25.9. The summed E-state index contributed by atoms with van der Waals surface area (Å²) in [4.78, 5) is 16.8. The molecule has 0 saturated carbocycles. The van der Waals surface area contributed by atoms with Crippen molar-refractivity contribution in [1.82, 2.24) is 9.55 Å². The molecule has 7 nitrogen and oxygen atoms in total. The summed E-state index contributed by atoms with van der Waals surface area (Å²) in [5, 5.41) is 11.1. The number of nitrogens with zero attached hydrogens (tertiary/aromatic N) is 2. The quantitative estimate of drug-likeness (QED) is 0.253. The first-order chi connectivity index (χ1) is 15.9. The highest BCUT2D eigenvalue weighted by Crippen LogP contribution is 2.29. The molecule has 1 N–H and O–H groups in total. The number of carbonyl (C=O) groups is 1. The molecule has 0 atom stereocenters. The van der Waals surface area contributed by atoms with Crippen molar-refractivity contribution >= 4 is 56.7 Å². The van der Waals surface area contributed by atoms with Crippen LogP contribution in [0.3, 0.4) is 0 Å². The van der Waals surface area contributed by atoms with Crippen molar-refractivity contribution in [1.29, 1.82) is 0 Å². The standard InChI is InChI=1S/C24H23BrN2O5S.ClH/c1-27-21-10-17(30-2)6-7-20(21)26-23(27)13-31-18-5-3-15(4-8-24(28)29)22(11-18)32-12-19-9-16(25)14-33-19;/h3,5-7,9-11,14H,4,8,12-13H2,1-2H3,(H,28,29);1H. The Bertz CT molecular complexity index is 1290. The van der Waals surface area contributed by atoms with Crippen LogP contribution in [0.4, 0.5) is 0 Å². The van der Waals surface area contributed by atoms with Crippen LogP contribution in [-0.2, 0) is 31.5 Å². The number of aryl methyl sites for hydroxylation is 2. The third kappa shape index (κ3) is 6.22. The Morgan fingerprint density at radius 1 is 1.12 bits per heavy atom. The van der Waals surface area contributed by atoms with Crippen molar-refractivity contribution in [2.24, 2.45) is 7.05 Å². The predicted molar refractivity (Wildman–Crippen MR) is 138 cm³/mol. The van der Waals surface area contributed by atoms with Crippen LogP contribution in [0.5, 0.6) is 17.2 Å². The number of rotatable bonds is 10. The van der Waals surface area contributed by atoms with Gasteiger partial charge in [0.05, 0.1) is 18.1 Å². The minimum Gasteiger partial charge on any atom is -0.497 e. The van der Waals surface area contributed by atoms with Crippen molar-refractivity contribution < 1.29 is 24.1 Å². The van der Waals surface area contributed by atoms with Crippen LogP contribution in [0.15, 0.2) is 52.3 Å². The fourth-order valence-electron chi connectivity index (χ4n) is 3.41. The molecule has 0 unspecified atom stereocenters. The third-order valence-corrected chi connectivity index (χ3v) is 6.86. The molecule has 4 aromatic rings. The minimum atomic E-state index is -0.845. The Kier molecular flexibility index (Phi) is 8.82. The Balaban J connectivity index is 0.00000324. The van der Waals surface area contributed by atoms with Gasteiger partial charge in [-0.2, -0.15) is 0 Å². The lowest BCUT2D eigenvalue weighted by Gasteiger charge is -2.13. The van der Waals surface area contributed by atoms with Gasteiger partial charge < -0.3 is 23.9 Å². The molecule has 2 aromatic heterocycles. The number of carboxylic acid groups (broad SMARTS) is 1. The number of hydrogen-bond donors (Lipinski definition) is 1. The van der Waals surface area contributed by atoms with Gasteiger partial charge in [0, 0.05) is 40.3 Å². The topological polar surface area (TPSA) is 82.8 Å². The summed E-state index contributed by atoms with van der Waals surface area (Å²) < 4.78 is 20.4. The van der Waals surface area contributed by atoms with E-state index in [0.29, 0.717) is 24.5 Å². The van der Waals surface area contributed by atoms with Gasteiger partial charge in [0.15, 0.2) is 0 Å². The number of ether oxygens (including phenoxy) is 3. The average molecular weight is 568 g/mol. The second kappa shape index (κ2) is 11.6. The second-order valence-electron chi connectivity index (χ2n) is 7.41. The molecule has 2 heterocycles. The van der Waals surface area contributed by atoms with Crippen LogP contribution < -0.4 is 14.2 Å². The van der Waals surface area contributed by atoms with E-state index in [1.54, 1.807) is 18.4 Å². The molecule has 0 bridgehead atoms. The fourth-order valence-corrected chi connectivity index (χ4v) is 4.77. The van der Waals surface area contributed by atoms with E-state index in [2.05, 4.69) is 20.9 Å². The number of aromatic nitrogens is 2. The Morgan fingerprint density at radius 2 is 1.91 bits per heavy atom. The molecular formula is C24H24BrClN2O5S. The SMILES string of the molecule is COc1ccc2nc(COc3ccc(CCC(=O)O)c(OCc4cc(Br)cs4)c3)n(C)c2c1.Cl. The van der Waals surface area contributed by atoms with Crippen molar-refractivity contribution in [2.75, 3.05) is 7.11 Å². The van der Waals surface area contributed by atoms with E-state index >= 15 is 0 Å². The molecule has 0 fully saturated rings. The summed E-state index contributed by atoms with van der Waals surface area (Å²) in [6.45, 7) is 0.672. The Hall–Kier alpha value is -2.75. The maximum absolute atomic E-state index is 11.1. The highest BCUT2D eigenvalue weighted by atomic mass is 79.9. The van der Waals surface area contributed by atoms with Crippen LogP contribution >= 0.6 is 39.7 Å². The number of methoxy groups -OCH3 is 1. The monoisotopic (exact) mass is 566 g/mol. The van der Waals surface area contributed by atoms with E-state index in [4.69, 9.17) is 19.3 Å². The summed E-state index contributed by atoms with van der Waals surface area (Å²) in [6, 6.07) is 13.2. The molecule has 34 heavy (non-hydrogen) atoms. The first-order valence-corrected chi connectivity index (χ1v) is 11.9. The van der Waals surface area contributed by atoms with Gasteiger partial charge in [0.25, 0.3) is 0 Å². The smallest absolute Gasteiger partial charge is 0.303 e. The number of hydrogen-bond acceptors (Lipinski definition) is 6. The molecule has 0 radical (unpaired) electrons. The third-order valence-electron chi connectivity index (χ3n) is 5.19. The van der Waals surface area contributed by atoms with Crippen LogP contribution in [0, 0.1) is 0 Å². The van der Waals surface area contributed by atoms with E-state index in [1.165, 1.54) is 0 Å². The molecule has 10 heteroatoms. The van der Waals surface area contributed by atoms with E-state index in [0.717, 1.165) is 37.5 Å². The molecule has 0 aliphatic carbocycles. The lowest BCUT2D eigenvalue weighted by atomic mass is 10.1. The van der Waals surface area contributed by atoms with Crippen molar-refractivity contribution in [3.8, 4) is 17.2 Å². The van der Waals surface area contributed by atoms with Crippen molar-refractivity contribution in [3.05, 3.63) is 68.6 Å². The second-order valence-corrected chi connectivity index (χ2v) is 9.33. The van der Waals surface area contributed by atoms with Gasteiger partial charge in [-0.25, -0.2) is 4.98 Å². The maximum atomic E-state index is 11.1. The van der Waals surface area contributed by atoms with Gasteiger partial charge >= 0.3 is 5.97 Å². The number of halogens is 2. The Morgan fingerprint density at radius 3 is 2.62 bits per heavy atom. The predicted octanol–water partition coefficient (Wildman–Crippen LogP) is 6.00. The molecule has 0 aliphatic rings. The largest absolute Gasteiger partial charge is 0.497 e. The van der Waals surface area contributed by atoms with Gasteiger partial charge in [0.2, 0.25) is 0 Å². The van der Waals surface area contributed by atoms with E-state index < -0.39 is 5.97 Å². The van der Waals surface area contributed by atoms with E-state index in [-0.39, 0.29) is 25.4 Å². The number of benzene rings is 2. The lowest BCUT2D eigenvalue weighted by molar-refractivity contribution is -0.136. The molecular weight excluding hydrogens is 544 g/mol. The van der Waals surface area contributed by atoms with Crippen molar-refractivity contribution in [2.45, 2.75) is 26.1 Å². The summed E-state index contributed by atoms with van der Waals surface area (Å²) in [5.74, 6) is 1.95. The van der Waals surface area contributed by atoms with E-state index in [1.807, 2.05) is 59.5 Å². The summed E-state index contributed by atoms with van der Waals surface area (Å²) in [5.41, 5.74) is 2.66. The molecule has 0 saturated heterocycles.